The molecule has 3 nitrogen and oxygen atoms in total. The van der Waals surface area contributed by atoms with E-state index in [4.69, 9.17) is 23.2 Å². The smallest absolute Gasteiger partial charge is 0.115 e. The molecule has 2 rings (SSSR count). The zero-order chi connectivity index (χ0) is 12.3. The summed E-state index contributed by atoms with van der Waals surface area (Å²) in [5, 5.41) is 14.8. The quantitative estimate of drug-likeness (QED) is 0.885. The number of rotatable bonds is 3. The normalized spacial score (nSPS) is 14.9. The van der Waals surface area contributed by atoms with Crippen LogP contribution >= 0.6 is 23.2 Å². The van der Waals surface area contributed by atoms with Gasteiger partial charge in [-0.05, 0) is 36.6 Å². The van der Waals surface area contributed by atoms with Gasteiger partial charge in [0.15, 0.2) is 0 Å². The van der Waals surface area contributed by atoms with Gasteiger partial charge >= 0.3 is 0 Å². The van der Waals surface area contributed by atoms with Crippen molar-refractivity contribution in [3.8, 4) is 0 Å². The van der Waals surface area contributed by atoms with Crippen LogP contribution in [0.2, 0.25) is 10.0 Å². The highest BCUT2D eigenvalue weighted by atomic mass is 35.5. The minimum Gasteiger partial charge on any atom is -0.510 e. The lowest BCUT2D eigenvalue weighted by Crippen LogP contribution is -2.19. The van der Waals surface area contributed by atoms with Crippen molar-refractivity contribution in [1.29, 1.82) is 0 Å². The summed E-state index contributed by atoms with van der Waals surface area (Å²) in [4.78, 5) is 0. The van der Waals surface area contributed by atoms with E-state index in [1.165, 1.54) is 0 Å². The van der Waals surface area contributed by atoms with Gasteiger partial charge in [-0.1, -0.05) is 23.2 Å². The van der Waals surface area contributed by atoms with Crippen molar-refractivity contribution in [3.63, 3.8) is 0 Å². The Labute approximate surface area is 110 Å². The third-order valence-electron chi connectivity index (χ3n) is 2.47. The van der Waals surface area contributed by atoms with Crippen LogP contribution in [0.3, 0.4) is 0 Å². The summed E-state index contributed by atoms with van der Waals surface area (Å²) < 4.78 is 0. The zero-order valence-electron chi connectivity index (χ0n) is 9.08. The van der Waals surface area contributed by atoms with E-state index < -0.39 is 0 Å². The van der Waals surface area contributed by atoms with Gasteiger partial charge in [-0.25, -0.2) is 0 Å². The molecule has 0 spiro atoms. The van der Waals surface area contributed by atoms with Crippen molar-refractivity contribution in [2.24, 2.45) is 5.10 Å². The Morgan fingerprint density at radius 1 is 1.29 bits per heavy atom. The van der Waals surface area contributed by atoms with Crippen molar-refractivity contribution < 1.29 is 5.11 Å². The van der Waals surface area contributed by atoms with Gasteiger partial charge in [0.2, 0.25) is 0 Å². The van der Waals surface area contributed by atoms with Crippen LogP contribution < -0.4 is 5.43 Å². The van der Waals surface area contributed by atoms with Gasteiger partial charge in [-0.2, -0.15) is 5.10 Å². The number of aryl methyl sites for hydroxylation is 1. The topological polar surface area (TPSA) is 44.6 Å². The molecular weight excluding hydrogens is 259 g/mol. The van der Waals surface area contributed by atoms with Crippen LogP contribution in [0.25, 0.3) is 0 Å². The van der Waals surface area contributed by atoms with Crippen LogP contribution in [0, 0.1) is 0 Å². The maximum atomic E-state index is 9.35. The molecule has 1 aliphatic heterocycles. The predicted molar refractivity (Wildman–Crippen MR) is 70.9 cm³/mol. The SMILES string of the molecule is OC1=CC(CCc2cc(Cl)ccc2Cl)=NNC1. The van der Waals surface area contributed by atoms with Gasteiger partial charge in [-0.3, -0.25) is 0 Å². The number of hydrogen-bond donors (Lipinski definition) is 2. The molecule has 0 fully saturated rings. The van der Waals surface area contributed by atoms with E-state index in [-0.39, 0.29) is 0 Å². The maximum Gasteiger partial charge on any atom is 0.115 e. The molecule has 17 heavy (non-hydrogen) atoms. The first kappa shape index (κ1) is 12.3. The second-order valence-corrected chi connectivity index (χ2v) is 4.65. The molecule has 0 aromatic heterocycles. The molecule has 0 saturated heterocycles. The van der Waals surface area contributed by atoms with Gasteiger partial charge in [-0.15, -0.1) is 0 Å². The van der Waals surface area contributed by atoms with Crippen LogP contribution in [0.15, 0.2) is 35.1 Å². The number of nitrogens with one attached hydrogen (secondary N) is 1. The van der Waals surface area contributed by atoms with E-state index in [2.05, 4.69) is 10.5 Å². The highest BCUT2D eigenvalue weighted by Crippen LogP contribution is 2.22. The zero-order valence-corrected chi connectivity index (χ0v) is 10.6. The Kier molecular flexibility index (Phi) is 3.92. The lowest BCUT2D eigenvalue weighted by atomic mass is 10.1. The first-order valence-electron chi connectivity index (χ1n) is 5.28. The third-order valence-corrected chi connectivity index (χ3v) is 3.08. The number of halogens is 2. The average Bonchev–Trinajstić information content (AvgIpc) is 2.30. The number of allylic oxidation sites excluding steroid dienone is 1. The van der Waals surface area contributed by atoms with Crippen LogP contribution in [0.5, 0.6) is 0 Å². The fraction of sp³-hybridized carbons (Fsp3) is 0.250. The monoisotopic (exact) mass is 270 g/mol. The summed E-state index contributed by atoms with van der Waals surface area (Å²) in [6.45, 7) is 0.390. The molecule has 0 saturated carbocycles. The van der Waals surface area contributed by atoms with Crippen molar-refractivity contribution in [3.05, 3.63) is 45.6 Å². The second-order valence-electron chi connectivity index (χ2n) is 3.81. The Morgan fingerprint density at radius 3 is 2.88 bits per heavy atom. The minimum atomic E-state index is 0.298. The molecule has 1 aliphatic rings. The van der Waals surface area contributed by atoms with Crippen LogP contribution in [0.4, 0.5) is 0 Å². The predicted octanol–water partition coefficient (Wildman–Crippen LogP) is 3.33. The minimum absolute atomic E-state index is 0.298. The largest absolute Gasteiger partial charge is 0.510 e. The summed E-state index contributed by atoms with van der Waals surface area (Å²) in [7, 11) is 0. The summed E-state index contributed by atoms with van der Waals surface area (Å²) in [6.07, 6.45) is 3.12. The molecular formula is C12H12Cl2N2O. The van der Waals surface area contributed by atoms with Crippen LogP contribution in [-0.2, 0) is 6.42 Å². The van der Waals surface area contributed by atoms with Gasteiger partial charge in [0.05, 0.1) is 12.3 Å². The highest BCUT2D eigenvalue weighted by molar-refractivity contribution is 6.33. The fourth-order valence-electron chi connectivity index (χ4n) is 1.62. The van der Waals surface area contributed by atoms with E-state index in [1.54, 1.807) is 18.2 Å². The Bertz CT molecular complexity index is 483. The molecule has 2 N–H and O–H groups in total. The maximum absolute atomic E-state index is 9.35. The molecule has 1 aromatic carbocycles. The number of aliphatic hydroxyl groups is 1. The molecule has 1 heterocycles. The summed E-state index contributed by atoms with van der Waals surface area (Å²) in [5.74, 6) is 0.298. The van der Waals surface area contributed by atoms with Gasteiger partial charge in [0, 0.05) is 16.1 Å². The van der Waals surface area contributed by atoms with Gasteiger partial charge in [0.1, 0.15) is 5.76 Å². The Balaban J connectivity index is 2.03. The molecule has 0 unspecified atom stereocenters. The first-order valence-corrected chi connectivity index (χ1v) is 6.03. The van der Waals surface area contributed by atoms with Crippen molar-refractivity contribution in [2.75, 3.05) is 6.54 Å². The fourth-order valence-corrected chi connectivity index (χ4v) is 2.03. The lowest BCUT2D eigenvalue weighted by molar-refractivity contribution is 0.388. The summed E-state index contributed by atoms with van der Waals surface area (Å²) >= 11 is 12.0. The molecule has 0 amide bonds. The van der Waals surface area contributed by atoms with E-state index in [9.17, 15) is 5.11 Å². The van der Waals surface area contributed by atoms with Crippen molar-refractivity contribution in [1.82, 2.24) is 5.43 Å². The van der Waals surface area contributed by atoms with Crippen LogP contribution in [-0.4, -0.2) is 17.4 Å². The van der Waals surface area contributed by atoms with E-state index in [0.29, 0.717) is 28.8 Å². The molecule has 1 aromatic rings. The van der Waals surface area contributed by atoms with E-state index in [1.807, 2.05) is 6.07 Å². The number of benzene rings is 1. The number of hydrazone groups is 1. The number of aliphatic hydroxyl groups excluding tert-OH is 1. The lowest BCUT2D eigenvalue weighted by Gasteiger charge is -2.10. The third kappa shape index (κ3) is 3.38. The Hall–Kier alpha value is -1.19. The van der Waals surface area contributed by atoms with Gasteiger partial charge in [0.25, 0.3) is 0 Å². The van der Waals surface area contributed by atoms with Crippen LogP contribution in [0.1, 0.15) is 12.0 Å². The molecule has 0 radical (unpaired) electrons. The van der Waals surface area contributed by atoms with Crippen molar-refractivity contribution >= 4 is 28.9 Å². The molecule has 0 aliphatic carbocycles. The Morgan fingerprint density at radius 2 is 2.12 bits per heavy atom. The standard InChI is InChI=1S/C12H12Cl2N2O/c13-9-2-4-12(14)8(5-9)1-3-10-6-11(17)7-15-16-10/h2,4-6,15,17H,1,3,7H2. The van der Waals surface area contributed by atoms with Gasteiger partial charge < -0.3 is 10.5 Å². The molecule has 0 atom stereocenters. The highest BCUT2D eigenvalue weighted by Gasteiger charge is 2.07. The number of nitrogens with zero attached hydrogens (tertiary/aromatic N) is 1. The molecule has 5 heteroatoms. The molecule has 0 bridgehead atoms. The van der Waals surface area contributed by atoms with E-state index >= 15 is 0 Å². The second kappa shape index (κ2) is 5.43. The van der Waals surface area contributed by atoms with Crippen molar-refractivity contribution in [2.45, 2.75) is 12.8 Å². The molecule has 90 valence electrons. The summed E-state index contributed by atoms with van der Waals surface area (Å²) in [6, 6.07) is 5.40. The summed E-state index contributed by atoms with van der Waals surface area (Å²) in [5.41, 5.74) is 4.55. The average molecular weight is 271 g/mol. The number of hydrogen-bond acceptors (Lipinski definition) is 3. The van der Waals surface area contributed by atoms with E-state index in [0.717, 1.165) is 17.7 Å². The first-order chi connectivity index (χ1) is 8.15.